The lowest BCUT2D eigenvalue weighted by Crippen LogP contribution is -2.38. The number of hydrogen-bond donors (Lipinski definition) is 3. The zero-order valence-corrected chi connectivity index (χ0v) is 11.9. The van der Waals surface area contributed by atoms with Crippen LogP contribution in [0, 0.1) is 11.2 Å². The third kappa shape index (κ3) is 4.89. The third-order valence-electron chi connectivity index (χ3n) is 2.79. The minimum atomic E-state index is -0.878. The molecular formula is C12H19ClFN3O2. The summed E-state index contributed by atoms with van der Waals surface area (Å²) in [4.78, 5) is 7.32. The quantitative estimate of drug-likeness (QED) is 0.722. The Morgan fingerprint density at radius 1 is 1.47 bits per heavy atom. The van der Waals surface area contributed by atoms with Crippen molar-refractivity contribution in [3.8, 4) is 0 Å². The molecule has 2 atom stereocenters. The summed E-state index contributed by atoms with van der Waals surface area (Å²) in [7, 11) is 0. The van der Waals surface area contributed by atoms with Gasteiger partial charge in [0.05, 0.1) is 18.9 Å². The molecule has 0 aliphatic carbocycles. The van der Waals surface area contributed by atoms with Gasteiger partial charge in [0.2, 0.25) is 5.28 Å². The zero-order chi connectivity index (χ0) is 14.6. The highest BCUT2D eigenvalue weighted by Gasteiger charge is 2.28. The summed E-state index contributed by atoms with van der Waals surface area (Å²) in [5.74, 6) is -0.623. The molecule has 3 N–H and O–H groups in total. The summed E-state index contributed by atoms with van der Waals surface area (Å²) in [6, 6.07) is -0.282. The van der Waals surface area contributed by atoms with Crippen molar-refractivity contribution >= 4 is 17.4 Å². The molecule has 0 saturated heterocycles. The van der Waals surface area contributed by atoms with E-state index < -0.39 is 11.9 Å². The van der Waals surface area contributed by atoms with Crippen LogP contribution in [0.25, 0.3) is 0 Å². The van der Waals surface area contributed by atoms with Gasteiger partial charge in [0.15, 0.2) is 11.6 Å². The second-order valence-corrected chi connectivity index (χ2v) is 5.81. The molecule has 108 valence electrons. The lowest BCUT2D eigenvalue weighted by Gasteiger charge is -2.33. The highest BCUT2D eigenvalue weighted by atomic mass is 35.5. The van der Waals surface area contributed by atoms with Gasteiger partial charge in [-0.1, -0.05) is 20.8 Å². The summed E-state index contributed by atoms with van der Waals surface area (Å²) in [6.45, 7) is 5.47. The van der Waals surface area contributed by atoms with Gasteiger partial charge in [-0.15, -0.1) is 0 Å². The predicted octanol–water partition coefficient (Wildman–Crippen LogP) is 1.84. The molecule has 0 aromatic carbocycles. The van der Waals surface area contributed by atoms with Crippen LogP contribution in [0.1, 0.15) is 27.2 Å². The van der Waals surface area contributed by atoms with Gasteiger partial charge in [0.25, 0.3) is 0 Å². The molecule has 1 heterocycles. The van der Waals surface area contributed by atoms with Crippen molar-refractivity contribution in [2.75, 3.05) is 11.9 Å². The first-order chi connectivity index (χ1) is 8.74. The Bertz CT molecular complexity index is 426. The highest BCUT2D eigenvalue weighted by molar-refractivity contribution is 6.28. The van der Waals surface area contributed by atoms with Gasteiger partial charge in [-0.3, -0.25) is 0 Å². The van der Waals surface area contributed by atoms with Crippen LogP contribution in [0.15, 0.2) is 6.20 Å². The molecule has 0 radical (unpaired) electrons. The van der Waals surface area contributed by atoms with Crippen molar-refractivity contribution < 1.29 is 14.6 Å². The number of nitrogens with one attached hydrogen (secondary N) is 1. The van der Waals surface area contributed by atoms with E-state index >= 15 is 0 Å². The molecule has 0 bridgehead atoms. The molecular weight excluding hydrogens is 273 g/mol. The highest BCUT2D eigenvalue weighted by Crippen LogP contribution is 2.27. The van der Waals surface area contributed by atoms with Crippen LogP contribution < -0.4 is 5.32 Å². The van der Waals surface area contributed by atoms with Crippen molar-refractivity contribution in [2.24, 2.45) is 5.41 Å². The fraction of sp³-hybridized carbons (Fsp3) is 0.667. The number of rotatable bonds is 5. The van der Waals surface area contributed by atoms with Crippen LogP contribution in [0.3, 0.4) is 0 Å². The first-order valence-electron chi connectivity index (χ1n) is 5.97. The number of aliphatic hydroxyl groups is 2. The molecule has 0 amide bonds. The van der Waals surface area contributed by atoms with E-state index in [2.05, 4.69) is 15.3 Å². The Kier molecular flexibility index (Phi) is 5.46. The lowest BCUT2D eigenvalue weighted by atomic mass is 9.83. The van der Waals surface area contributed by atoms with Gasteiger partial charge in [-0.2, -0.15) is 4.98 Å². The number of hydrogen-bond acceptors (Lipinski definition) is 5. The fourth-order valence-electron chi connectivity index (χ4n) is 1.59. The van der Waals surface area contributed by atoms with Gasteiger partial charge >= 0.3 is 0 Å². The topological polar surface area (TPSA) is 78.3 Å². The van der Waals surface area contributed by atoms with Crippen LogP contribution in [0.2, 0.25) is 5.28 Å². The second kappa shape index (κ2) is 6.45. The molecule has 2 unspecified atom stereocenters. The first-order valence-corrected chi connectivity index (χ1v) is 6.35. The van der Waals surface area contributed by atoms with Gasteiger partial charge in [0, 0.05) is 6.04 Å². The Hall–Kier alpha value is -0.980. The SMILES string of the molecule is CC(C)(C)C(CC(O)CO)Nc1nc(Cl)ncc1F. The van der Waals surface area contributed by atoms with E-state index in [1.165, 1.54) is 0 Å². The van der Waals surface area contributed by atoms with Crippen LogP contribution in [-0.2, 0) is 0 Å². The van der Waals surface area contributed by atoms with Crippen molar-refractivity contribution in [2.45, 2.75) is 39.3 Å². The van der Waals surface area contributed by atoms with E-state index in [0.717, 1.165) is 6.20 Å². The van der Waals surface area contributed by atoms with Crippen molar-refractivity contribution in [1.29, 1.82) is 0 Å². The van der Waals surface area contributed by atoms with E-state index in [1.807, 2.05) is 20.8 Å². The van der Waals surface area contributed by atoms with Gasteiger partial charge in [-0.05, 0) is 23.4 Å². The minimum absolute atomic E-state index is 0.00920. The molecule has 1 aromatic heterocycles. The van der Waals surface area contributed by atoms with Gasteiger partial charge in [0.1, 0.15) is 0 Å². The van der Waals surface area contributed by atoms with E-state index in [0.29, 0.717) is 0 Å². The molecule has 1 aromatic rings. The Labute approximate surface area is 116 Å². The number of halogens is 2. The molecule has 1 rings (SSSR count). The number of aromatic nitrogens is 2. The standard InChI is InChI=1S/C12H19ClFN3O2/c1-12(2,3)9(4-7(19)6-18)16-10-8(14)5-15-11(13)17-10/h5,7,9,18-19H,4,6H2,1-3H3,(H,15,16,17). The largest absolute Gasteiger partial charge is 0.394 e. The molecule has 0 aliphatic heterocycles. The van der Waals surface area contributed by atoms with Crippen LogP contribution in [0.4, 0.5) is 10.2 Å². The Balaban J connectivity index is 2.91. The van der Waals surface area contributed by atoms with Crippen LogP contribution in [0.5, 0.6) is 0 Å². The molecule has 0 spiro atoms. The third-order valence-corrected chi connectivity index (χ3v) is 2.97. The van der Waals surface area contributed by atoms with Crippen molar-refractivity contribution in [1.82, 2.24) is 9.97 Å². The maximum absolute atomic E-state index is 13.6. The Morgan fingerprint density at radius 2 is 2.11 bits per heavy atom. The Morgan fingerprint density at radius 3 is 2.63 bits per heavy atom. The second-order valence-electron chi connectivity index (χ2n) is 5.47. The summed E-state index contributed by atoms with van der Waals surface area (Å²) in [5, 5.41) is 21.3. The monoisotopic (exact) mass is 291 g/mol. The smallest absolute Gasteiger partial charge is 0.224 e. The van der Waals surface area contributed by atoms with Gasteiger partial charge < -0.3 is 15.5 Å². The predicted molar refractivity (Wildman–Crippen MR) is 71.6 cm³/mol. The maximum atomic E-state index is 13.6. The average molecular weight is 292 g/mol. The first kappa shape index (κ1) is 16.1. The van der Waals surface area contributed by atoms with E-state index in [4.69, 9.17) is 16.7 Å². The zero-order valence-electron chi connectivity index (χ0n) is 11.2. The maximum Gasteiger partial charge on any atom is 0.224 e. The van der Waals surface area contributed by atoms with E-state index in [1.54, 1.807) is 0 Å². The lowest BCUT2D eigenvalue weighted by molar-refractivity contribution is 0.0735. The summed E-state index contributed by atoms with van der Waals surface area (Å²) >= 11 is 5.63. The normalized spacial score (nSPS) is 15.1. The number of aliphatic hydroxyl groups excluding tert-OH is 2. The molecule has 19 heavy (non-hydrogen) atoms. The van der Waals surface area contributed by atoms with Crippen molar-refractivity contribution in [3.63, 3.8) is 0 Å². The van der Waals surface area contributed by atoms with E-state index in [-0.39, 0.29) is 35.6 Å². The van der Waals surface area contributed by atoms with Crippen molar-refractivity contribution in [3.05, 3.63) is 17.3 Å². The summed E-state index contributed by atoms with van der Waals surface area (Å²) in [5.41, 5.74) is -0.264. The summed E-state index contributed by atoms with van der Waals surface area (Å²) < 4.78 is 13.6. The fourth-order valence-corrected chi connectivity index (χ4v) is 1.72. The molecule has 0 saturated carbocycles. The van der Waals surface area contributed by atoms with Crippen LogP contribution >= 0.6 is 11.6 Å². The average Bonchev–Trinajstić information content (AvgIpc) is 2.31. The number of anilines is 1. The van der Waals surface area contributed by atoms with Crippen LogP contribution in [-0.4, -0.2) is 38.9 Å². The number of nitrogens with zero attached hydrogens (tertiary/aromatic N) is 2. The molecule has 0 aliphatic rings. The minimum Gasteiger partial charge on any atom is -0.394 e. The van der Waals surface area contributed by atoms with Gasteiger partial charge in [-0.25, -0.2) is 9.37 Å². The van der Waals surface area contributed by atoms with E-state index in [9.17, 15) is 9.50 Å². The molecule has 5 nitrogen and oxygen atoms in total. The summed E-state index contributed by atoms with van der Waals surface area (Å²) in [6.07, 6.45) is 0.373. The molecule has 7 heteroatoms. The molecule has 0 fully saturated rings.